The van der Waals surface area contributed by atoms with Crippen LogP contribution in [-0.2, 0) is 25.9 Å². The van der Waals surface area contributed by atoms with E-state index in [0.717, 1.165) is 60.4 Å². The molecule has 0 radical (unpaired) electrons. The molecule has 2 aromatic heterocycles. The normalized spacial score (nSPS) is 17.9. The summed E-state index contributed by atoms with van der Waals surface area (Å²) in [6.45, 7) is 6.28. The molecule has 8 nitrogen and oxygen atoms in total. The van der Waals surface area contributed by atoms with Crippen LogP contribution in [0.4, 0.5) is 9.52 Å². The van der Waals surface area contributed by atoms with Crippen molar-refractivity contribution in [1.29, 1.82) is 0 Å². The quantitative estimate of drug-likeness (QED) is 0.301. The summed E-state index contributed by atoms with van der Waals surface area (Å²) in [6, 6.07) is 16.0. The third-order valence-corrected chi connectivity index (χ3v) is 8.76. The van der Waals surface area contributed by atoms with E-state index >= 15 is 0 Å². The second-order valence-electron chi connectivity index (χ2n) is 10.5. The second-order valence-corrected chi connectivity index (χ2v) is 11.6. The van der Waals surface area contributed by atoms with Gasteiger partial charge in [0, 0.05) is 35.1 Å². The van der Waals surface area contributed by atoms with Crippen molar-refractivity contribution in [2.24, 2.45) is 4.99 Å². The number of alkyl halides is 1. The smallest absolute Gasteiger partial charge is 0.257 e. The van der Waals surface area contributed by atoms with Gasteiger partial charge in [0.15, 0.2) is 5.13 Å². The van der Waals surface area contributed by atoms with Crippen LogP contribution in [-0.4, -0.2) is 62.8 Å². The molecule has 3 heterocycles. The van der Waals surface area contributed by atoms with Crippen LogP contribution in [0.1, 0.15) is 51.3 Å². The number of nitrogens with zero attached hydrogens (tertiary/aromatic N) is 6. The van der Waals surface area contributed by atoms with Gasteiger partial charge < -0.3 is 0 Å². The lowest BCUT2D eigenvalue weighted by molar-refractivity contribution is 0.102. The minimum atomic E-state index is -0.656. The standard InChI is InChI=1S/C30H32FN7OS/c1-32-17-20-5-7-22(8-6-20)27-19-38(36-35-27)18-21-3-2-4-23(15-21)29(39)34-30-33-26-10-9-25(16-28(26)40-30)37-13-11-24(31)12-14-37/h2-8,15,19,24-25H,1,9-14,16-18H2,(H,33,34,39). The lowest BCUT2D eigenvalue weighted by atomic mass is 9.94. The highest BCUT2D eigenvalue weighted by atomic mass is 32.1. The van der Waals surface area contributed by atoms with Gasteiger partial charge in [0.2, 0.25) is 0 Å². The van der Waals surface area contributed by atoms with Gasteiger partial charge in [-0.1, -0.05) is 41.6 Å². The van der Waals surface area contributed by atoms with E-state index in [-0.39, 0.29) is 5.91 Å². The zero-order valence-corrected chi connectivity index (χ0v) is 23.1. The minimum Gasteiger partial charge on any atom is -0.300 e. The van der Waals surface area contributed by atoms with Gasteiger partial charge in [-0.05, 0) is 62.1 Å². The Morgan fingerprint density at radius 2 is 1.95 bits per heavy atom. The number of aliphatic imine (C=N–C) groups is 1. The number of hydrogen-bond acceptors (Lipinski definition) is 7. The van der Waals surface area contributed by atoms with E-state index < -0.39 is 6.17 Å². The van der Waals surface area contributed by atoms with E-state index in [2.05, 4.69) is 32.2 Å². The third-order valence-electron chi connectivity index (χ3n) is 7.73. The maximum Gasteiger partial charge on any atom is 0.257 e. The SMILES string of the molecule is C=NCc1ccc(-c2cn(Cc3cccc(C(=O)Nc4nc5c(s4)CC(N4CCC(F)CC4)CC5)c3)nn2)cc1. The number of nitrogens with one attached hydrogen (secondary N) is 1. The molecule has 2 aromatic carbocycles. The lowest BCUT2D eigenvalue weighted by Gasteiger charge is -2.37. The molecule has 1 aliphatic carbocycles. The van der Waals surface area contributed by atoms with Crippen LogP contribution < -0.4 is 5.32 Å². The summed E-state index contributed by atoms with van der Waals surface area (Å²) in [7, 11) is 0. The number of hydrogen-bond donors (Lipinski definition) is 1. The molecule has 1 atom stereocenters. The van der Waals surface area contributed by atoms with E-state index in [9.17, 15) is 9.18 Å². The van der Waals surface area contributed by atoms with Gasteiger partial charge in [-0.3, -0.25) is 20.0 Å². The second kappa shape index (κ2) is 11.8. The predicted octanol–water partition coefficient (Wildman–Crippen LogP) is 5.19. The summed E-state index contributed by atoms with van der Waals surface area (Å²) in [5, 5.41) is 12.2. The van der Waals surface area contributed by atoms with E-state index in [4.69, 9.17) is 4.98 Å². The molecule has 1 N–H and O–H groups in total. The van der Waals surface area contributed by atoms with Crippen LogP contribution in [0.3, 0.4) is 0 Å². The molecular weight excluding hydrogens is 525 g/mol. The van der Waals surface area contributed by atoms with Gasteiger partial charge in [0.05, 0.1) is 25.0 Å². The first kappa shape index (κ1) is 26.5. The number of aromatic nitrogens is 4. The highest BCUT2D eigenvalue weighted by molar-refractivity contribution is 7.15. The lowest BCUT2D eigenvalue weighted by Crippen LogP contribution is -2.44. The van der Waals surface area contributed by atoms with Crippen molar-refractivity contribution in [1.82, 2.24) is 24.9 Å². The summed E-state index contributed by atoms with van der Waals surface area (Å²) in [6.07, 6.45) is 5.36. The molecule has 6 rings (SSSR count). The first-order valence-electron chi connectivity index (χ1n) is 13.7. The Labute approximate surface area is 237 Å². The Morgan fingerprint density at radius 1 is 1.12 bits per heavy atom. The number of thiazole rings is 1. The molecule has 40 heavy (non-hydrogen) atoms. The van der Waals surface area contributed by atoms with Gasteiger partial charge in [0.25, 0.3) is 5.91 Å². The van der Waals surface area contributed by atoms with Gasteiger partial charge >= 0.3 is 0 Å². The Morgan fingerprint density at radius 3 is 2.75 bits per heavy atom. The summed E-state index contributed by atoms with van der Waals surface area (Å²) in [5.74, 6) is -0.178. The van der Waals surface area contributed by atoms with Crippen LogP contribution in [0.15, 0.2) is 59.7 Å². The molecular formula is C30H32FN7OS. The van der Waals surface area contributed by atoms with Crippen molar-refractivity contribution >= 4 is 29.1 Å². The number of anilines is 1. The molecule has 206 valence electrons. The van der Waals surface area contributed by atoms with Crippen molar-refractivity contribution in [3.8, 4) is 11.3 Å². The first-order valence-corrected chi connectivity index (χ1v) is 14.5. The number of carbonyl (C=O) groups is 1. The third kappa shape index (κ3) is 6.03. The van der Waals surface area contributed by atoms with Gasteiger partial charge in [-0.15, -0.1) is 16.4 Å². The predicted molar refractivity (Wildman–Crippen MR) is 156 cm³/mol. The molecule has 1 aliphatic heterocycles. The van der Waals surface area contributed by atoms with Crippen LogP contribution in [0.2, 0.25) is 0 Å². The van der Waals surface area contributed by atoms with E-state index in [1.54, 1.807) is 16.0 Å². The maximum absolute atomic E-state index is 13.6. The van der Waals surface area contributed by atoms with Crippen LogP contribution >= 0.6 is 11.3 Å². The Kier molecular flexibility index (Phi) is 7.79. The summed E-state index contributed by atoms with van der Waals surface area (Å²) in [4.78, 5) is 25.4. The highest BCUT2D eigenvalue weighted by Gasteiger charge is 2.30. The number of amides is 1. The average Bonchev–Trinajstić information content (AvgIpc) is 3.60. The fraction of sp³-hybridized carbons (Fsp3) is 0.367. The number of piperidine rings is 1. The van der Waals surface area contributed by atoms with Crippen molar-refractivity contribution in [2.75, 3.05) is 18.4 Å². The summed E-state index contributed by atoms with van der Waals surface area (Å²) >= 11 is 1.56. The first-order chi connectivity index (χ1) is 19.5. The number of carbonyl (C=O) groups excluding carboxylic acids is 1. The number of fused-ring (bicyclic) bond motifs is 1. The van der Waals surface area contributed by atoms with Crippen molar-refractivity contribution in [3.05, 3.63) is 82.0 Å². The Bertz CT molecular complexity index is 1490. The monoisotopic (exact) mass is 557 g/mol. The molecule has 2 aliphatic rings. The van der Waals surface area contributed by atoms with E-state index in [0.29, 0.717) is 42.7 Å². The van der Waals surface area contributed by atoms with Gasteiger partial charge in [0.1, 0.15) is 11.9 Å². The molecule has 0 spiro atoms. The van der Waals surface area contributed by atoms with Crippen molar-refractivity contribution < 1.29 is 9.18 Å². The van der Waals surface area contributed by atoms with Crippen molar-refractivity contribution in [3.63, 3.8) is 0 Å². The number of likely N-dealkylation sites (tertiary alicyclic amines) is 1. The van der Waals surface area contributed by atoms with Crippen LogP contribution in [0.5, 0.6) is 0 Å². The molecule has 1 amide bonds. The summed E-state index contributed by atoms with van der Waals surface area (Å²) in [5.41, 5.74) is 5.47. The molecule has 0 bridgehead atoms. The zero-order valence-electron chi connectivity index (χ0n) is 22.3. The average molecular weight is 558 g/mol. The van der Waals surface area contributed by atoms with Gasteiger partial charge in [-0.25, -0.2) is 14.1 Å². The number of aryl methyl sites for hydroxylation is 1. The molecule has 4 aromatic rings. The number of halogens is 1. The fourth-order valence-electron chi connectivity index (χ4n) is 5.54. The molecule has 1 unspecified atom stereocenters. The molecule has 1 saturated heterocycles. The number of rotatable bonds is 8. The highest BCUT2D eigenvalue weighted by Crippen LogP contribution is 2.33. The van der Waals surface area contributed by atoms with Crippen molar-refractivity contribution in [2.45, 2.75) is 57.4 Å². The largest absolute Gasteiger partial charge is 0.300 e. The zero-order chi connectivity index (χ0) is 27.5. The van der Waals surface area contributed by atoms with Gasteiger partial charge in [-0.2, -0.15) is 0 Å². The topological polar surface area (TPSA) is 88.3 Å². The van der Waals surface area contributed by atoms with E-state index in [1.165, 1.54) is 4.88 Å². The molecule has 10 heteroatoms. The van der Waals surface area contributed by atoms with Crippen LogP contribution in [0, 0.1) is 0 Å². The molecule has 1 fully saturated rings. The number of benzene rings is 2. The van der Waals surface area contributed by atoms with Crippen LogP contribution in [0.25, 0.3) is 11.3 Å². The summed E-state index contributed by atoms with van der Waals surface area (Å²) < 4.78 is 15.3. The fourth-order valence-corrected chi connectivity index (χ4v) is 6.62. The minimum absolute atomic E-state index is 0.178. The Balaban J connectivity index is 1.08. The van der Waals surface area contributed by atoms with E-state index in [1.807, 2.05) is 54.7 Å². The maximum atomic E-state index is 13.6. The Hall–Kier alpha value is -3.76. The molecule has 0 saturated carbocycles.